The summed E-state index contributed by atoms with van der Waals surface area (Å²) < 4.78 is 12.9. The van der Waals surface area contributed by atoms with Crippen LogP contribution in [-0.4, -0.2) is 11.7 Å². The lowest BCUT2D eigenvalue weighted by Gasteiger charge is -2.08. The Morgan fingerprint density at radius 2 is 1.73 bits per heavy atom. The maximum Gasteiger partial charge on any atom is 0.225 e. The van der Waals surface area contributed by atoms with Gasteiger partial charge in [0.25, 0.3) is 0 Å². The SMILES string of the molecule is O=C(CCSc1ccc(F)cc1)Nc1ccc2c(c1)Cc1ccccc1-2. The van der Waals surface area contributed by atoms with Crippen LogP contribution in [0.1, 0.15) is 17.5 Å². The van der Waals surface area contributed by atoms with Crippen molar-refractivity contribution < 1.29 is 9.18 Å². The number of nitrogens with one attached hydrogen (secondary N) is 1. The van der Waals surface area contributed by atoms with E-state index in [-0.39, 0.29) is 11.7 Å². The molecule has 0 fully saturated rings. The van der Waals surface area contributed by atoms with Gasteiger partial charge in [-0.1, -0.05) is 30.3 Å². The lowest BCUT2D eigenvalue weighted by atomic mass is 10.1. The summed E-state index contributed by atoms with van der Waals surface area (Å²) in [6.45, 7) is 0. The van der Waals surface area contributed by atoms with Crippen molar-refractivity contribution in [3.63, 3.8) is 0 Å². The number of halogens is 1. The lowest BCUT2D eigenvalue weighted by molar-refractivity contribution is -0.115. The highest BCUT2D eigenvalue weighted by atomic mass is 32.2. The van der Waals surface area contributed by atoms with E-state index in [2.05, 4.69) is 41.7 Å². The topological polar surface area (TPSA) is 29.1 Å². The molecule has 0 bridgehead atoms. The van der Waals surface area contributed by atoms with Crippen molar-refractivity contribution in [2.45, 2.75) is 17.7 Å². The molecule has 1 aliphatic carbocycles. The average molecular weight is 363 g/mol. The molecular formula is C22H18FNOS. The maximum absolute atomic E-state index is 12.9. The number of hydrogen-bond acceptors (Lipinski definition) is 2. The summed E-state index contributed by atoms with van der Waals surface area (Å²) in [5, 5.41) is 2.98. The van der Waals surface area contributed by atoms with E-state index in [4.69, 9.17) is 0 Å². The molecule has 4 heteroatoms. The monoisotopic (exact) mass is 363 g/mol. The van der Waals surface area contributed by atoms with Crippen molar-refractivity contribution in [2.75, 3.05) is 11.1 Å². The van der Waals surface area contributed by atoms with Crippen LogP contribution in [-0.2, 0) is 11.2 Å². The maximum atomic E-state index is 12.9. The van der Waals surface area contributed by atoms with Gasteiger partial charge in [0.1, 0.15) is 5.82 Å². The Balaban J connectivity index is 1.34. The van der Waals surface area contributed by atoms with Crippen molar-refractivity contribution in [1.29, 1.82) is 0 Å². The smallest absolute Gasteiger partial charge is 0.225 e. The number of benzene rings is 3. The first-order chi connectivity index (χ1) is 12.7. The first-order valence-corrected chi connectivity index (χ1v) is 9.57. The molecule has 1 amide bonds. The van der Waals surface area contributed by atoms with Crippen LogP contribution in [0.2, 0.25) is 0 Å². The van der Waals surface area contributed by atoms with Gasteiger partial charge in [-0.3, -0.25) is 4.79 Å². The predicted molar refractivity (Wildman–Crippen MR) is 105 cm³/mol. The quantitative estimate of drug-likeness (QED) is 0.473. The third-order valence-electron chi connectivity index (χ3n) is 4.49. The predicted octanol–water partition coefficient (Wildman–Crippen LogP) is 5.52. The Kier molecular flexibility index (Phi) is 4.76. The molecule has 0 heterocycles. The third kappa shape index (κ3) is 3.65. The fraction of sp³-hybridized carbons (Fsp3) is 0.136. The van der Waals surface area contributed by atoms with Crippen molar-refractivity contribution in [3.8, 4) is 11.1 Å². The molecule has 0 saturated carbocycles. The second-order valence-electron chi connectivity index (χ2n) is 6.31. The molecule has 0 atom stereocenters. The summed E-state index contributed by atoms with van der Waals surface area (Å²) in [7, 11) is 0. The molecular weight excluding hydrogens is 345 g/mol. The molecule has 0 spiro atoms. The zero-order chi connectivity index (χ0) is 17.9. The Labute approximate surface area is 156 Å². The normalized spacial score (nSPS) is 11.7. The minimum atomic E-state index is -0.245. The van der Waals surface area contributed by atoms with E-state index in [9.17, 15) is 9.18 Å². The van der Waals surface area contributed by atoms with Gasteiger partial charge in [0, 0.05) is 22.8 Å². The van der Waals surface area contributed by atoms with Crippen LogP contribution in [0.15, 0.2) is 71.6 Å². The minimum Gasteiger partial charge on any atom is -0.326 e. The van der Waals surface area contributed by atoms with Gasteiger partial charge in [-0.25, -0.2) is 4.39 Å². The summed E-state index contributed by atoms with van der Waals surface area (Å²) in [4.78, 5) is 13.2. The molecule has 0 aromatic heterocycles. The Morgan fingerprint density at radius 3 is 2.58 bits per heavy atom. The van der Waals surface area contributed by atoms with Crippen LogP contribution in [0, 0.1) is 5.82 Å². The molecule has 0 unspecified atom stereocenters. The van der Waals surface area contributed by atoms with Gasteiger partial charge in [-0.2, -0.15) is 0 Å². The Hall–Kier alpha value is -2.59. The van der Waals surface area contributed by atoms with Gasteiger partial charge in [0.05, 0.1) is 0 Å². The molecule has 1 N–H and O–H groups in total. The number of fused-ring (bicyclic) bond motifs is 3. The van der Waals surface area contributed by atoms with Crippen molar-refractivity contribution in [1.82, 2.24) is 0 Å². The van der Waals surface area contributed by atoms with Crippen LogP contribution in [0.25, 0.3) is 11.1 Å². The van der Waals surface area contributed by atoms with Gasteiger partial charge in [0.2, 0.25) is 5.91 Å². The molecule has 3 aromatic rings. The summed E-state index contributed by atoms with van der Waals surface area (Å²) >= 11 is 1.55. The number of rotatable bonds is 5. The van der Waals surface area contributed by atoms with E-state index in [0.29, 0.717) is 12.2 Å². The van der Waals surface area contributed by atoms with Crippen LogP contribution < -0.4 is 5.32 Å². The molecule has 0 aliphatic heterocycles. The Bertz CT molecular complexity index is 953. The molecule has 0 saturated heterocycles. The second kappa shape index (κ2) is 7.34. The fourth-order valence-corrected chi connectivity index (χ4v) is 4.09. The van der Waals surface area contributed by atoms with Gasteiger partial charge in [-0.15, -0.1) is 11.8 Å². The van der Waals surface area contributed by atoms with Crippen LogP contribution in [0.4, 0.5) is 10.1 Å². The number of carbonyl (C=O) groups excluding carboxylic acids is 1. The fourth-order valence-electron chi connectivity index (χ4n) is 3.24. The van der Waals surface area contributed by atoms with Crippen molar-refractivity contribution >= 4 is 23.4 Å². The number of thioether (sulfide) groups is 1. The highest BCUT2D eigenvalue weighted by Crippen LogP contribution is 2.37. The zero-order valence-electron chi connectivity index (χ0n) is 14.2. The second-order valence-corrected chi connectivity index (χ2v) is 7.47. The third-order valence-corrected chi connectivity index (χ3v) is 5.50. The first kappa shape index (κ1) is 16.9. The molecule has 1 aliphatic rings. The average Bonchev–Trinajstić information content (AvgIpc) is 3.01. The summed E-state index contributed by atoms with van der Waals surface area (Å²) in [6, 6.07) is 20.9. The highest BCUT2D eigenvalue weighted by molar-refractivity contribution is 7.99. The summed E-state index contributed by atoms with van der Waals surface area (Å²) in [6.07, 6.45) is 1.33. The summed E-state index contributed by atoms with van der Waals surface area (Å²) in [5.41, 5.74) is 5.97. The van der Waals surface area contributed by atoms with Crippen LogP contribution in [0.3, 0.4) is 0 Å². The molecule has 26 heavy (non-hydrogen) atoms. The number of hydrogen-bond donors (Lipinski definition) is 1. The van der Waals surface area contributed by atoms with Gasteiger partial charge in [-0.05, 0) is 65.1 Å². The van der Waals surface area contributed by atoms with E-state index in [1.165, 1.54) is 34.4 Å². The van der Waals surface area contributed by atoms with Crippen LogP contribution >= 0.6 is 11.8 Å². The van der Waals surface area contributed by atoms with Gasteiger partial charge < -0.3 is 5.32 Å². The minimum absolute atomic E-state index is 0.00456. The van der Waals surface area contributed by atoms with E-state index in [1.807, 2.05) is 6.07 Å². The highest BCUT2D eigenvalue weighted by Gasteiger charge is 2.18. The number of amides is 1. The van der Waals surface area contributed by atoms with Crippen molar-refractivity contribution in [2.24, 2.45) is 0 Å². The van der Waals surface area contributed by atoms with E-state index in [1.54, 1.807) is 23.9 Å². The molecule has 4 rings (SSSR count). The van der Waals surface area contributed by atoms with E-state index >= 15 is 0 Å². The first-order valence-electron chi connectivity index (χ1n) is 8.58. The molecule has 3 aromatic carbocycles. The zero-order valence-corrected chi connectivity index (χ0v) is 15.0. The number of carbonyl (C=O) groups is 1. The largest absolute Gasteiger partial charge is 0.326 e. The lowest BCUT2D eigenvalue weighted by Crippen LogP contribution is -2.12. The van der Waals surface area contributed by atoms with Crippen LogP contribution in [0.5, 0.6) is 0 Å². The standard InChI is InChI=1S/C22H18FNOS/c23-17-5-8-19(9-6-17)26-12-11-22(25)24-18-7-10-21-16(14-18)13-15-3-1-2-4-20(15)21/h1-10,14H,11-13H2,(H,24,25). The van der Waals surface area contributed by atoms with Gasteiger partial charge in [0.15, 0.2) is 0 Å². The molecule has 0 radical (unpaired) electrons. The molecule has 130 valence electrons. The Morgan fingerprint density at radius 1 is 0.962 bits per heavy atom. The molecule has 2 nitrogen and oxygen atoms in total. The van der Waals surface area contributed by atoms with Crippen molar-refractivity contribution in [3.05, 3.63) is 83.7 Å². The summed E-state index contributed by atoms with van der Waals surface area (Å²) in [5.74, 6) is 0.411. The number of anilines is 1. The van der Waals surface area contributed by atoms with Gasteiger partial charge >= 0.3 is 0 Å². The van der Waals surface area contributed by atoms with E-state index in [0.717, 1.165) is 17.0 Å². The van der Waals surface area contributed by atoms with E-state index < -0.39 is 0 Å².